The smallest absolute Gasteiger partial charge is 0.408 e. The lowest BCUT2D eigenvalue weighted by atomic mass is 9.88. The fourth-order valence-corrected chi connectivity index (χ4v) is 3.15. The molecule has 1 fully saturated rings. The van der Waals surface area contributed by atoms with Crippen LogP contribution >= 0.6 is 15.9 Å². The van der Waals surface area contributed by atoms with Gasteiger partial charge in [-0.25, -0.2) is 4.79 Å². The second-order valence-electron chi connectivity index (χ2n) is 6.43. The minimum atomic E-state index is -0.471. The molecule has 0 spiro atoms. The maximum absolute atomic E-state index is 12.1. The third-order valence-electron chi connectivity index (χ3n) is 3.57. The first kappa shape index (κ1) is 15.4. The summed E-state index contributed by atoms with van der Waals surface area (Å²) in [6.45, 7) is 5.65. The standard InChI is InChI=1S/C16H22BrNO2/c1-15(2,3)20-14(19)18-16(9-4-5-10-16)12-7-6-8-13(17)11-12/h6-8,11H,4-5,9-10H2,1-3H3,(H,18,19). The lowest BCUT2D eigenvalue weighted by Crippen LogP contribution is -2.46. The molecule has 1 aliphatic rings. The molecule has 0 heterocycles. The Balaban J connectivity index is 2.20. The van der Waals surface area contributed by atoms with E-state index in [-0.39, 0.29) is 11.6 Å². The van der Waals surface area contributed by atoms with E-state index in [4.69, 9.17) is 4.74 Å². The van der Waals surface area contributed by atoms with Crippen molar-refractivity contribution >= 4 is 22.0 Å². The molecule has 0 unspecified atom stereocenters. The summed E-state index contributed by atoms with van der Waals surface area (Å²) in [5.41, 5.74) is 0.392. The highest BCUT2D eigenvalue weighted by atomic mass is 79.9. The Hall–Kier alpha value is -1.03. The largest absolute Gasteiger partial charge is 0.444 e. The van der Waals surface area contributed by atoms with E-state index < -0.39 is 5.60 Å². The molecule has 110 valence electrons. The Morgan fingerprint density at radius 2 is 1.95 bits per heavy atom. The average molecular weight is 340 g/mol. The second kappa shape index (κ2) is 5.76. The number of nitrogens with one attached hydrogen (secondary N) is 1. The van der Waals surface area contributed by atoms with Crippen LogP contribution in [-0.4, -0.2) is 11.7 Å². The molecule has 0 aliphatic heterocycles. The molecule has 1 N–H and O–H groups in total. The monoisotopic (exact) mass is 339 g/mol. The fourth-order valence-electron chi connectivity index (χ4n) is 2.75. The van der Waals surface area contributed by atoms with E-state index in [9.17, 15) is 4.79 Å². The van der Waals surface area contributed by atoms with Crippen molar-refractivity contribution in [3.8, 4) is 0 Å². The van der Waals surface area contributed by atoms with Gasteiger partial charge in [0.05, 0.1) is 5.54 Å². The number of hydrogen-bond acceptors (Lipinski definition) is 2. The van der Waals surface area contributed by atoms with Crippen molar-refractivity contribution in [2.75, 3.05) is 0 Å². The van der Waals surface area contributed by atoms with Gasteiger partial charge in [0.15, 0.2) is 0 Å². The van der Waals surface area contributed by atoms with Crippen LogP contribution < -0.4 is 5.32 Å². The van der Waals surface area contributed by atoms with E-state index >= 15 is 0 Å². The second-order valence-corrected chi connectivity index (χ2v) is 7.34. The van der Waals surface area contributed by atoms with Crippen LogP contribution in [0.15, 0.2) is 28.7 Å². The van der Waals surface area contributed by atoms with Crippen LogP contribution in [0.5, 0.6) is 0 Å². The van der Waals surface area contributed by atoms with Crippen LogP contribution in [0.3, 0.4) is 0 Å². The molecular weight excluding hydrogens is 318 g/mol. The first-order chi connectivity index (χ1) is 9.31. The highest BCUT2D eigenvalue weighted by Gasteiger charge is 2.38. The minimum Gasteiger partial charge on any atom is -0.444 e. The molecule has 4 heteroatoms. The number of rotatable bonds is 2. The maximum atomic E-state index is 12.1. The van der Waals surface area contributed by atoms with Crippen molar-refractivity contribution in [2.45, 2.75) is 57.6 Å². The number of amides is 1. The Morgan fingerprint density at radius 3 is 2.50 bits per heavy atom. The van der Waals surface area contributed by atoms with Crippen molar-refractivity contribution in [3.63, 3.8) is 0 Å². The number of carbonyl (C=O) groups excluding carboxylic acids is 1. The average Bonchev–Trinajstić information content (AvgIpc) is 2.76. The molecule has 1 aliphatic carbocycles. The summed E-state index contributed by atoms with van der Waals surface area (Å²) >= 11 is 3.50. The minimum absolute atomic E-state index is 0.286. The summed E-state index contributed by atoms with van der Waals surface area (Å²) in [6.07, 6.45) is 3.84. The van der Waals surface area contributed by atoms with Crippen LogP contribution in [0.1, 0.15) is 52.0 Å². The first-order valence-corrected chi connectivity index (χ1v) is 7.87. The normalized spacial score (nSPS) is 17.8. The third kappa shape index (κ3) is 3.75. The summed E-state index contributed by atoms with van der Waals surface area (Å²) in [5, 5.41) is 3.11. The number of alkyl carbamates (subject to hydrolysis) is 1. The zero-order valence-corrected chi connectivity index (χ0v) is 13.9. The zero-order chi connectivity index (χ0) is 14.8. The van der Waals surface area contributed by atoms with Gasteiger partial charge in [-0.15, -0.1) is 0 Å². The molecular formula is C16H22BrNO2. The van der Waals surface area contributed by atoms with E-state index in [1.54, 1.807) is 0 Å². The zero-order valence-electron chi connectivity index (χ0n) is 12.3. The van der Waals surface area contributed by atoms with Crippen molar-refractivity contribution in [2.24, 2.45) is 0 Å². The van der Waals surface area contributed by atoms with Gasteiger partial charge in [-0.05, 0) is 51.3 Å². The first-order valence-electron chi connectivity index (χ1n) is 7.08. The number of halogens is 1. The summed E-state index contributed by atoms with van der Waals surface area (Å²) in [7, 11) is 0. The molecule has 0 saturated heterocycles. The molecule has 0 atom stereocenters. The topological polar surface area (TPSA) is 38.3 Å². The van der Waals surface area contributed by atoms with Gasteiger partial charge < -0.3 is 10.1 Å². The van der Waals surface area contributed by atoms with E-state index in [0.29, 0.717) is 0 Å². The molecule has 20 heavy (non-hydrogen) atoms. The number of benzene rings is 1. The maximum Gasteiger partial charge on any atom is 0.408 e. The predicted octanol–water partition coefficient (Wildman–Crippen LogP) is 4.74. The van der Waals surface area contributed by atoms with Crippen LogP contribution in [0, 0.1) is 0 Å². The van der Waals surface area contributed by atoms with Crippen LogP contribution in [0.4, 0.5) is 4.79 Å². The Kier molecular flexibility index (Phi) is 4.43. The van der Waals surface area contributed by atoms with Gasteiger partial charge in [0, 0.05) is 4.47 Å². The Labute approximate surface area is 129 Å². The van der Waals surface area contributed by atoms with Crippen molar-refractivity contribution in [1.82, 2.24) is 5.32 Å². The molecule has 3 nitrogen and oxygen atoms in total. The molecule has 0 aromatic heterocycles. The van der Waals surface area contributed by atoms with E-state index in [1.165, 1.54) is 0 Å². The molecule has 1 aromatic rings. The highest BCUT2D eigenvalue weighted by Crippen LogP contribution is 2.39. The molecule has 0 bridgehead atoms. The molecule has 1 aromatic carbocycles. The van der Waals surface area contributed by atoms with E-state index in [2.05, 4.69) is 33.4 Å². The number of ether oxygens (including phenoxy) is 1. The van der Waals surface area contributed by atoms with Gasteiger partial charge >= 0.3 is 6.09 Å². The van der Waals surface area contributed by atoms with Crippen LogP contribution in [-0.2, 0) is 10.3 Å². The van der Waals surface area contributed by atoms with Crippen LogP contribution in [0.25, 0.3) is 0 Å². The number of carbonyl (C=O) groups is 1. The number of hydrogen-bond donors (Lipinski definition) is 1. The molecule has 2 rings (SSSR count). The SMILES string of the molecule is CC(C)(C)OC(=O)NC1(c2cccc(Br)c2)CCCC1. The van der Waals surface area contributed by atoms with Crippen LogP contribution in [0.2, 0.25) is 0 Å². The lowest BCUT2D eigenvalue weighted by Gasteiger charge is -2.32. The van der Waals surface area contributed by atoms with Crippen molar-refractivity contribution < 1.29 is 9.53 Å². The summed E-state index contributed by atoms with van der Waals surface area (Å²) in [6, 6.07) is 8.17. The van der Waals surface area contributed by atoms with Crippen molar-refractivity contribution in [1.29, 1.82) is 0 Å². The lowest BCUT2D eigenvalue weighted by molar-refractivity contribution is 0.0453. The van der Waals surface area contributed by atoms with Gasteiger partial charge in [-0.2, -0.15) is 0 Å². The summed E-state index contributed by atoms with van der Waals surface area (Å²) < 4.78 is 6.45. The van der Waals surface area contributed by atoms with Gasteiger partial charge in [0.1, 0.15) is 5.60 Å². The molecule has 1 saturated carbocycles. The third-order valence-corrected chi connectivity index (χ3v) is 4.07. The Bertz CT molecular complexity index is 487. The van der Waals surface area contributed by atoms with Crippen molar-refractivity contribution in [3.05, 3.63) is 34.3 Å². The molecule has 0 radical (unpaired) electrons. The summed E-state index contributed by atoms with van der Waals surface area (Å²) in [5.74, 6) is 0. The van der Waals surface area contributed by atoms with Gasteiger partial charge in [0.25, 0.3) is 0 Å². The highest BCUT2D eigenvalue weighted by molar-refractivity contribution is 9.10. The quantitative estimate of drug-likeness (QED) is 0.844. The predicted molar refractivity (Wildman–Crippen MR) is 83.7 cm³/mol. The Morgan fingerprint density at radius 1 is 1.30 bits per heavy atom. The van der Waals surface area contributed by atoms with Gasteiger partial charge in [-0.3, -0.25) is 0 Å². The molecule has 1 amide bonds. The van der Waals surface area contributed by atoms with E-state index in [0.717, 1.165) is 35.7 Å². The van der Waals surface area contributed by atoms with Gasteiger partial charge in [0.2, 0.25) is 0 Å². The van der Waals surface area contributed by atoms with E-state index in [1.807, 2.05) is 32.9 Å². The van der Waals surface area contributed by atoms with Gasteiger partial charge in [-0.1, -0.05) is 40.9 Å². The fraction of sp³-hybridized carbons (Fsp3) is 0.562. The summed E-state index contributed by atoms with van der Waals surface area (Å²) in [4.78, 5) is 12.1.